The monoisotopic (exact) mass is 432 g/mol. The number of hydrogen-bond donors (Lipinski definition) is 0. The lowest BCUT2D eigenvalue weighted by Gasteiger charge is -2.58. The van der Waals surface area contributed by atoms with E-state index in [0.717, 1.165) is 32.1 Å². The molecule has 4 aliphatic carbocycles. The molecule has 0 saturated heterocycles. The maximum atomic E-state index is 12.8. The lowest BCUT2D eigenvalue weighted by atomic mass is 9.49. The van der Waals surface area contributed by atoms with Crippen LogP contribution in [0.3, 0.4) is 0 Å². The van der Waals surface area contributed by atoms with Gasteiger partial charge in [-0.25, -0.2) is 14.4 Å². The Bertz CT molecular complexity index is 678. The molecule has 0 amide bonds. The van der Waals surface area contributed by atoms with Crippen LogP contribution in [0.25, 0.3) is 0 Å². The minimum absolute atomic E-state index is 0.147. The maximum Gasteiger partial charge on any atom is 0.509 e. The predicted octanol–water partition coefficient (Wildman–Crippen LogP) is 3.87. The molecule has 0 heterocycles. The van der Waals surface area contributed by atoms with Gasteiger partial charge in [0.05, 0.1) is 6.61 Å². The maximum absolute atomic E-state index is 12.8. The van der Waals surface area contributed by atoms with E-state index in [1.165, 1.54) is 0 Å². The summed E-state index contributed by atoms with van der Waals surface area (Å²) in [6, 6.07) is 0. The zero-order valence-corrected chi connectivity index (χ0v) is 17.9. The summed E-state index contributed by atoms with van der Waals surface area (Å²) in [6.45, 7) is 5.08. The average molecular weight is 432 g/mol. The van der Waals surface area contributed by atoms with E-state index in [1.807, 2.05) is 0 Å². The van der Waals surface area contributed by atoms with Crippen LogP contribution in [0, 0.1) is 23.2 Å². The van der Waals surface area contributed by atoms with E-state index in [2.05, 4.69) is 4.74 Å². The van der Waals surface area contributed by atoms with Gasteiger partial charge in [0.2, 0.25) is 0 Å². The van der Waals surface area contributed by atoms with Gasteiger partial charge in [-0.15, -0.1) is 0 Å². The number of halogens is 2. The fourth-order valence-electron chi connectivity index (χ4n) is 5.43. The van der Waals surface area contributed by atoms with Gasteiger partial charge in [-0.05, 0) is 70.6 Å². The average Bonchev–Trinajstić information content (AvgIpc) is 2.58. The Hall–Kier alpha value is -1.93. The van der Waals surface area contributed by atoms with Gasteiger partial charge in [-0.2, -0.15) is 8.78 Å². The zero-order valence-electron chi connectivity index (χ0n) is 17.9. The number of rotatable bonds is 6. The molecule has 4 bridgehead atoms. The Morgan fingerprint density at radius 3 is 2.10 bits per heavy atom. The van der Waals surface area contributed by atoms with Crippen molar-refractivity contribution in [1.82, 2.24) is 0 Å². The van der Waals surface area contributed by atoms with Crippen LogP contribution in [0.15, 0.2) is 0 Å². The largest absolute Gasteiger partial charge is 0.509 e. The highest BCUT2D eigenvalue weighted by molar-refractivity contribution is 5.80. The number of carbonyl (C=O) groups is 3. The van der Waals surface area contributed by atoms with Crippen molar-refractivity contribution in [1.29, 1.82) is 0 Å². The van der Waals surface area contributed by atoms with Gasteiger partial charge in [0.25, 0.3) is 0 Å². The third kappa shape index (κ3) is 5.40. The second-order valence-electron chi connectivity index (χ2n) is 10.1. The van der Waals surface area contributed by atoms with Crippen LogP contribution in [0.5, 0.6) is 0 Å². The molecule has 0 aromatic heterocycles. The Balaban J connectivity index is 1.52. The highest BCUT2D eigenvalue weighted by Gasteiger charge is 2.57. The molecule has 0 aliphatic heterocycles. The van der Waals surface area contributed by atoms with E-state index in [4.69, 9.17) is 14.2 Å². The van der Waals surface area contributed by atoms with Crippen molar-refractivity contribution in [3.05, 3.63) is 0 Å². The zero-order chi connectivity index (χ0) is 22.3. The molecule has 0 spiro atoms. The molecule has 170 valence electrons. The van der Waals surface area contributed by atoms with Crippen molar-refractivity contribution in [3.8, 4) is 0 Å². The lowest BCUT2D eigenvalue weighted by molar-refractivity contribution is -0.184. The van der Waals surface area contributed by atoms with Crippen molar-refractivity contribution >= 4 is 18.1 Å². The van der Waals surface area contributed by atoms with Crippen molar-refractivity contribution in [2.45, 2.75) is 77.4 Å². The lowest BCUT2D eigenvalue weighted by Crippen LogP contribution is -2.56. The summed E-state index contributed by atoms with van der Waals surface area (Å²) in [5.74, 6) is -5.40. The molecule has 0 aromatic rings. The van der Waals surface area contributed by atoms with E-state index in [0.29, 0.717) is 12.8 Å². The van der Waals surface area contributed by atoms with Gasteiger partial charge in [0.1, 0.15) is 11.7 Å². The molecule has 2 atom stereocenters. The van der Waals surface area contributed by atoms with E-state index in [-0.39, 0.29) is 30.0 Å². The summed E-state index contributed by atoms with van der Waals surface area (Å²) in [4.78, 5) is 35.1. The van der Waals surface area contributed by atoms with Crippen molar-refractivity contribution in [3.63, 3.8) is 0 Å². The summed E-state index contributed by atoms with van der Waals surface area (Å²) in [7, 11) is 0. The first-order valence-electron chi connectivity index (χ1n) is 10.4. The molecule has 0 aromatic carbocycles. The summed E-state index contributed by atoms with van der Waals surface area (Å²) in [5, 5.41) is 0. The van der Waals surface area contributed by atoms with Crippen LogP contribution in [0.1, 0.15) is 59.8 Å². The molecular formula is C21H30F2O7. The summed E-state index contributed by atoms with van der Waals surface area (Å²) < 4.78 is 46.2. The van der Waals surface area contributed by atoms with Gasteiger partial charge in [-0.1, -0.05) is 0 Å². The number of ether oxygens (including phenoxy) is 4. The van der Waals surface area contributed by atoms with Crippen LogP contribution < -0.4 is 0 Å². The smallest absolute Gasteiger partial charge is 0.463 e. The van der Waals surface area contributed by atoms with E-state index >= 15 is 0 Å². The molecule has 4 saturated carbocycles. The van der Waals surface area contributed by atoms with Crippen molar-refractivity contribution in [2.24, 2.45) is 23.2 Å². The second-order valence-corrected chi connectivity index (χ2v) is 10.1. The molecular weight excluding hydrogens is 402 g/mol. The summed E-state index contributed by atoms with van der Waals surface area (Å²) in [5.41, 5.74) is -0.831. The Kier molecular flexibility index (Phi) is 6.04. The molecule has 9 heteroatoms. The highest BCUT2D eigenvalue weighted by Crippen LogP contribution is 2.60. The SMILES string of the molecule is CC(C)(C)OC(=O)OC1C2CC3CC1CC(COC(=O)COC(=O)C(C)(F)F)(C3)C2. The van der Waals surface area contributed by atoms with Crippen molar-refractivity contribution in [2.75, 3.05) is 13.2 Å². The minimum Gasteiger partial charge on any atom is -0.463 e. The topological polar surface area (TPSA) is 88.1 Å². The van der Waals surface area contributed by atoms with Crippen LogP contribution >= 0.6 is 0 Å². The van der Waals surface area contributed by atoms with E-state index in [1.54, 1.807) is 20.8 Å². The van der Waals surface area contributed by atoms with Gasteiger partial charge in [-0.3, -0.25) is 0 Å². The Labute approximate surface area is 174 Å². The Morgan fingerprint density at radius 1 is 0.967 bits per heavy atom. The van der Waals surface area contributed by atoms with Crippen LogP contribution in [-0.4, -0.2) is 48.9 Å². The number of alkyl halides is 2. The van der Waals surface area contributed by atoms with Gasteiger partial charge >= 0.3 is 24.0 Å². The molecule has 2 unspecified atom stereocenters. The molecule has 0 N–H and O–H groups in total. The van der Waals surface area contributed by atoms with Crippen molar-refractivity contribution < 1.29 is 42.1 Å². The standard InChI is InChI=1S/C21H30F2O7/c1-19(2,3)30-18(26)29-16-13-5-12-6-14(16)9-21(7-12,8-13)11-28-15(24)10-27-17(25)20(4,22)23/h12-14,16H,5-11H2,1-4H3. The first-order chi connectivity index (χ1) is 13.8. The molecule has 4 rings (SSSR count). The summed E-state index contributed by atoms with van der Waals surface area (Å²) >= 11 is 0. The normalized spacial score (nSPS) is 32.5. The fourth-order valence-corrected chi connectivity index (χ4v) is 5.43. The first kappa shape index (κ1) is 22.7. The quantitative estimate of drug-likeness (QED) is 0.465. The third-order valence-electron chi connectivity index (χ3n) is 6.15. The van der Waals surface area contributed by atoms with Crippen LogP contribution in [-0.2, 0) is 28.5 Å². The van der Waals surface area contributed by atoms with E-state index < -0.39 is 36.2 Å². The van der Waals surface area contributed by atoms with Gasteiger partial charge in [0.15, 0.2) is 6.61 Å². The molecule has 4 fully saturated rings. The molecule has 7 nitrogen and oxygen atoms in total. The van der Waals surface area contributed by atoms with E-state index in [9.17, 15) is 23.2 Å². The van der Waals surface area contributed by atoms with Crippen LogP contribution in [0.4, 0.5) is 13.6 Å². The van der Waals surface area contributed by atoms with Gasteiger partial charge in [0, 0.05) is 12.3 Å². The molecule has 0 radical (unpaired) electrons. The molecule has 4 aliphatic rings. The van der Waals surface area contributed by atoms with Gasteiger partial charge < -0.3 is 18.9 Å². The number of carbonyl (C=O) groups excluding carboxylic acids is 3. The highest BCUT2D eigenvalue weighted by atomic mass is 19.3. The first-order valence-corrected chi connectivity index (χ1v) is 10.4. The summed E-state index contributed by atoms with van der Waals surface area (Å²) in [6.07, 6.45) is 3.49. The fraction of sp³-hybridized carbons (Fsp3) is 0.857. The Morgan fingerprint density at radius 2 is 1.57 bits per heavy atom. The number of hydrogen-bond acceptors (Lipinski definition) is 7. The third-order valence-corrected chi connectivity index (χ3v) is 6.15. The predicted molar refractivity (Wildman–Crippen MR) is 99.6 cm³/mol. The molecule has 30 heavy (non-hydrogen) atoms. The second kappa shape index (κ2) is 7.96. The van der Waals surface area contributed by atoms with Crippen LogP contribution in [0.2, 0.25) is 0 Å². The minimum atomic E-state index is -3.65. The number of esters is 2.